The highest BCUT2D eigenvalue weighted by atomic mass is 32.1. The van der Waals surface area contributed by atoms with Gasteiger partial charge in [0.1, 0.15) is 15.8 Å². The van der Waals surface area contributed by atoms with Crippen molar-refractivity contribution >= 4 is 17.4 Å². The first-order valence-electron chi connectivity index (χ1n) is 7.74. The minimum absolute atomic E-state index is 0.273. The van der Waals surface area contributed by atoms with Crippen molar-refractivity contribution in [2.24, 2.45) is 0 Å². The van der Waals surface area contributed by atoms with Crippen LogP contribution in [-0.2, 0) is 6.54 Å². The van der Waals surface area contributed by atoms with E-state index < -0.39 is 0 Å². The first-order valence-corrected chi connectivity index (χ1v) is 8.55. The monoisotopic (exact) mass is 332 g/mol. The van der Waals surface area contributed by atoms with Gasteiger partial charge in [-0.1, -0.05) is 18.2 Å². The van der Waals surface area contributed by atoms with Gasteiger partial charge < -0.3 is 9.64 Å². The summed E-state index contributed by atoms with van der Waals surface area (Å²) in [6.45, 7) is 5.93. The first kappa shape index (κ1) is 15.9. The van der Waals surface area contributed by atoms with E-state index in [1.807, 2.05) is 25.1 Å². The van der Waals surface area contributed by atoms with Gasteiger partial charge in [-0.2, -0.15) is 0 Å². The van der Waals surface area contributed by atoms with Gasteiger partial charge in [0.2, 0.25) is 0 Å². The van der Waals surface area contributed by atoms with E-state index in [-0.39, 0.29) is 6.09 Å². The summed E-state index contributed by atoms with van der Waals surface area (Å²) in [5, 5.41) is 10.2. The van der Waals surface area contributed by atoms with E-state index in [0.717, 1.165) is 42.6 Å². The van der Waals surface area contributed by atoms with Crippen LogP contribution in [0.2, 0.25) is 0 Å². The molecule has 0 N–H and O–H groups in total. The summed E-state index contributed by atoms with van der Waals surface area (Å²) in [4.78, 5) is 16.3. The van der Waals surface area contributed by atoms with E-state index in [0.29, 0.717) is 12.3 Å². The van der Waals surface area contributed by atoms with Gasteiger partial charge in [0, 0.05) is 26.2 Å². The van der Waals surface area contributed by atoms with Crippen molar-refractivity contribution in [3.8, 4) is 5.75 Å². The number of para-hydroxylation sites is 1. The van der Waals surface area contributed by atoms with E-state index in [2.05, 4.69) is 15.1 Å². The summed E-state index contributed by atoms with van der Waals surface area (Å²) in [5.41, 5.74) is 0. The summed E-state index contributed by atoms with van der Waals surface area (Å²) < 4.78 is 5.41. The minimum atomic E-state index is -0.273. The predicted molar refractivity (Wildman–Crippen MR) is 88.6 cm³/mol. The number of benzene rings is 1. The molecule has 122 valence electrons. The van der Waals surface area contributed by atoms with Crippen LogP contribution >= 0.6 is 11.3 Å². The highest BCUT2D eigenvalue weighted by Crippen LogP contribution is 2.15. The summed E-state index contributed by atoms with van der Waals surface area (Å²) in [5.74, 6) is 0.586. The van der Waals surface area contributed by atoms with Gasteiger partial charge in [0.15, 0.2) is 0 Å². The third kappa shape index (κ3) is 4.49. The van der Waals surface area contributed by atoms with Crippen LogP contribution in [0, 0.1) is 6.92 Å². The zero-order valence-corrected chi connectivity index (χ0v) is 14.0. The molecular formula is C16H20N4O2S. The van der Waals surface area contributed by atoms with Crippen LogP contribution in [0.25, 0.3) is 0 Å². The molecular weight excluding hydrogens is 312 g/mol. The Morgan fingerprint density at radius 3 is 2.74 bits per heavy atom. The van der Waals surface area contributed by atoms with Crippen LogP contribution in [0.15, 0.2) is 30.3 Å². The number of amides is 1. The maximum absolute atomic E-state index is 12.3. The molecule has 1 aliphatic rings. The molecule has 1 aromatic carbocycles. The number of nitrogens with zero attached hydrogens (tertiary/aromatic N) is 4. The third-order valence-electron chi connectivity index (χ3n) is 3.72. The molecule has 2 heterocycles. The number of ether oxygens (including phenoxy) is 1. The van der Waals surface area contributed by atoms with Crippen LogP contribution in [0.4, 0.5) is 4.79 Å². The Bertz CT molecular complexity index is 647. The second-order valence-electron chi connectivity index (χ2n) is 5.51. The smallest absolute Gasteiger partial charge is 0.410 e. The maximum Gasteiger partial charge on any atom is 0.415 e. The van der Waals surface area contributed by atoms with Crippen LogP contribution in [0.5, 0.6) is 5.75 Å². The van der Waals surface area contributed by atoms with Crippen molar-refractivity contribution in [3.05, 3.63) is 40.3 Å². The Hall–Kier alpha value is -1.99. The lowest BCUT2D eigenvalue weighted by Gasteiger charge is -2.20. The summed E-state index contributed by atoms with van der Waals surface area (Å²) >= 11 is 1.63. The number of rotatable bonds is 3. The topological polar surface area (TPSA) is 58.6 Å². The fourth-order valence-electron chi connectivity index (χ4n) is 2.56. The lowest BCUT2D eigenvalue weighted by Crippen LogP contribution is -2.36. The highest BCUT2D eigenvalue weighted by molar-refractivity contribution is 7.11. The second-order valence-corrected chi connectivity index (χ2v) is 6.78. The molecule has 1 amide bonds. The molecule has 0 radical (unpaired) electrons. The van der Waals surface area contributed by atoms with Crippen molar-refractivity contribution in [2.75, 3.05) is 26.2 Å². The van der Waals surface area contributed by atoms with Gasteiger partial charge in [-0.15, -0.1) is 21.5 Å². The number of hydrogen-bond acceptors (Lipinski definition) is 6. The normalized spacial score (nSPS) is 16.1. The average Bonchev–Trinajstić information content (AvgIpc) is 2.82. The van der Waals surface area contributed by atoms with Gasteiger partial charge >= 0.3 is 6.09 Å². The molecule has 23 heavy (non-hydrogen) atoms. The molecule has 6 nitrogen and oxygen atoms in total. The lowest BCUT2D eigenvalue weighted by molar-refractivity contribution is 0.153. The van der Waals surface area contributed by atoms with Gasteiger partial charge in [-0.3, -0.25) is 4.90 Å². The molecule has 0 bridgehead atoms. The first-order chi connectivity index (χ1) is 11.2. The molecule has 3 rings (SSSR count). The van der Waals surface area contributed by atoms with E-state index in [1.165, 1.54) is 0 Å². The van der Waals surface area contributed by atoms with Gasteiger partial charge in [-0.25, -0.2) is 4.79 Å². The number of hydrogen-bond donors (Lipinski definition) is 0. The van der Waals surface area contributed by atoms with Gasteiger partial charge in [0.25, 0.3) is 0 Å². The van der Waals surface area contributed by atoms with Crippen molar-refractivity contribution in [3.63, 3.8) is 0 Å². The van der Waals surface area contributed by atoms with Crippen molar-refractivity contribution in [2.45, 2.75) is 19.9 Å². The Labute approximate surface area is 139 Å². The van der Waals surface area contributed by atoms with Crippen LogP contribution < -0.4 is 4.74 Å². The average molecular weight is 332 g/mol. The third-order valence-corrected chi connectivity index (χ3v) is 4.55. The molecule has 0 aliphatic carbocycles. The standard InChI is InChI=1S/C16H20N4O2S/c1-13-17-18-15(23-13)12-19-8-5-9-20(11-10-19)16(21)22-14-6-3-2-4-7-14/h2-4,6-7H,5,8-12H2,1H3. The number of carbonyl (C=O) groups is 1. The minimum Gasteiger partial charge on any atom is -0.410 e. The van der Waals surface area contributed by atoms with E-state index in [4.69, 9.17) is 4.74 Å². The predicted octanol–water partition coefficient (Wildman–Crippen LogP) is 2.55. The molecule has 1 aliphatic heterocycles. The molecule has 2 aromatic rings. The summed E-state index contributed by atoms with van der Waals surface area (Å²) in [7, 11) is 0. The molecule has 0 atom stereocenters. The number of aryl methyl sites for hydroxylation is 1. The van der Waals surface area contributed by atoms with E-state index in [1.54, 1.807) is 28.4 Å². The summed E-state index contributed by atoms with van der Waals surface area (Å²) in [6.07, 6.45) is 0.659. The molecule has 0 spiro atoms. The Balaban J connectivity index is 1.52. The Morgan fingerprint density at radius 1 is 1.17 bits per heavy atom. The highest BCUT2D eigenvalue weighted by Gasteiger charge is 2.21. The maximum atomic E-state index is 12.3. The van der Waals surface area contributed by atoms with Crippen molar-refractivity contribution in [1.29, 1.82) is 0 Å². The SMILES string of the molecule is Cc1nnc(CN2CCCN(C(=O)Oc3ccccc3)CC2)s1. The molecule has 7 heteroatoms. The van der Waals surface area contributed by atoms with Crippen LogP contribution in [0.1, 0.15) is 16.4 Å². The number of aromatic nitrogens is 2. The largest absolute Gasteiger partial charge is 0.415 e. The molecule has 1 aromatic heterocycles. The second kappa shape index (κ2) is 7.52. The van der Waals surface area contributed by atoms with Crippen LogP contribution in [-0.4, -0.2) is 52.3 Å². The lowest BCUT2D eigenvalue weighted by atomic mass is 10.3. The fraction of sp³-hybridized carbons (Fsp3) is 0.438. The summed E-state index contributed by atoms with van der Waals surface area (Å²) in [6, 6.07) is 9.20. The molecule has 0 saturated carbocycles. The molecule has 0 unspecified atom stereocenters. The zero-order chi connectivity index (χ0) is 16.1. The molecule has 1 saturated heterocycles. The van der Waals surface area contributed by atoms with Gasteiger partial charge in [0.05, 0.1) is 6.54 Å². The van der Waals surface area contributed by atoms with Crippen molar-refractivity contribution < 1.29 is 9.53 Å². The Morgan fingerprint density at radius 2 is 2.00 bits per heavy atom. The molecule has 1 fully saturated rings. The van der Waals surface area contributed by atoms with E-state index >= 15 is 0 Å². The number of carbonyl (C=O) groups excluding carboxylic acids is 1. The van der Waals surface area contributed by atoms with Crippen LogP contribution in [0.3, 0.4) is 0 Å². The fourth-order valence-corrected chi connectivity index (χ4v) is 3.31. The van der Waals surface area contributed by atoms with Crippen molar-refractivity contribution in [1.82, 2.24) is 20.0 Å². The van der Waals surface area contributed by atoms with E-state index in [9.17, 15) is 4.79 Å². The zero-order valence-electron chi connectivity index (χ0n) is 13.1. The quantitative estimate of drug-likeness (QED) is 0.864. The van der Waals surface area contributed by atoms with Gasteiger partial charge in [-0.05, 0) is 25.5 Å². The Kier molecular flexibility index (Phi) is 5.19.